The summed E-state index contributed by atoms with van der Waals surface area (Å²) in [5.74, 6) is 1.59. The Bertz CT molecular complexity index is 796. The zero-order valence-electron chi connectivity index (χ0n) is 16.5. The van der Waals surface area contributed by atoms with E-state index >= 15 is 0 Å². The van der Waals surface area contributed by atoms with E-state index in [9.17, 15) is 0 Å². The molecule has 1 aromatic heterocycles. The van der Waals surface area contributed by atoms with Gasteiger partial charge in [-0.1, -0.05) is 6.07 Å². The number of fused-ring (bicyclic) bond motifs is 2. The molecule has 1 aromatic carbocycles. The van der Waals surface area contributed by atoms with Crippen LogP contribution in [-0.4, -0.2) is 43.8 Å². The van der Waals surface area contributed by atoms with Crippen molar-refractivity contribution in [1.29, 1.82) is 0 Å². The second-order valence-electron chi connectivity index (χ2n) is 7.56. The SMILES string of the molecule is COc1cc2c(cc1OC)C1(CCN(Cc3ccc(C)cn3)CC1)OCC2. The van der Waals surface area contributed by atoms with Crippen LogP contribution in [0.25, 0.3) is 0 Å². The maximum absolute atomic E-state index is 6.38. The van der Waals surface area contributed by atoms with E-state index in [0.29, 0.717) is 0 Å². The lowest BCUT2D eigenvalue weighted by Crippen LogP contribution is -2.46. The first-order valence-electron chi connectivity index (χ1n) is 9.67. The Kier molecular flexibility index (Phi) is 5.06. The molecule has 0 amide bonds. The van der Waals surface area contributed by atoms with Gasteiger partial charge in [0, 0.05) is 25.8 Å². The van der Waals surface area contributed by atoms with E-state index in [4.69, 9.17) is 14.2 Å². The third kappa shape index (κ3) is 3.54. The van der Waals surface area contributed by atoms with Crippen molar-refractivity contribution < 1.29 is 14.2 Å². The predicted molar refractivity (Wildman–Crippen MR) is 104 cm³/mol. The molecule has 5 nitrogen and oxygen atoms in total. The molecule has 144 valence electrons. The third-order valence-corrected chi connectivity index (χ3v) is 5.87. The van der Waals surface area contributed by atoms with E-state index in [2.05, 4.69) is 41.1 Å². The van der Waals surface area contributed by atoms with E-state index in [1.807, 2.05) is 6.20 Å². The monoisotopic (exact) mass is 368 g/mol. The predicted octanol–water partition coefficient (Wildman–Crippen LogP) is 3.47. The Labute approximate surface area is 161 Å². The highest BCUT2D eigenvalue weighted by Gasteiger charge is 2.41. The van der Waals surface area contributed by atoms with Gasteiger partial charge in [-0.2, -0.15) is 0 Å². The Morgan fingerprint density at radius 3 is 2.52 bits per heavy atom. The number of hydrogen-bond acceptors (Lipinski definition) is 5. The molecule has 0 bridgehead atoms. The fraction of sp³-hybridized carbons (Fsp3) is 0.500. The zero-order valence-corrected chi connectivity index (χ0v) is 16.5. The van der Waals surface area contributed by atoms with E-state index in [1.54, 1.807) is 14.2 Å². The van der Waals surface area contributed by atoms with E-state index < -0.39 is 0 Å². The minimum atomic E-state index is -0.204. The molecule has 2 aromatic rings. The minimum Gasteiger partial charge on any atom is -0.493 e. The number of methoxy groups -OCH3 is 2. The highest BCUT2D eigenvalue weighted by Crippen LogP contribution is 2.45. The van der Waals surface area contributed by atoms with E-state index in [1.165, 1.54) is 16.7 Å². The van der Waals surface area contributed by atoms with Gasteiger partial charge in [0.25, 0.3) is 0 Å². The van der Waals surface area contributed by atoms with Crippen LogP contribution in [-0.2, 0) is 23.3 Å². The number of aryl methyl sites for hydroxylation is 1. The molecular weight excluding hydrogens is 340 g/mol. The summed E-state index contributed by atoms with van der Waals surface area (Å²) in [5.41, 5.74) is 4.73. The topological polar surface area (TPSA) is 43.8 Å². The smallest absolute Gasteiger partial charge is 0.161 e. The van der Waals surface area contributed by atoms with Crippen molar-refractivity contribution in [3.63, 3.8) is 0 Å². The van der Waals surface area contributed by atoms with Gasteiger partial charge in [0.05, 0.1) is 32.1 Å². The van der Waals surface area contributed by atoms with E-state index in [0.717, 1.165) is 62.7 Å². The summed E-state index contributed by atoms with van der Waals surface area (Å²) >= 11 is 0. The average molecular weight is 368 g/mol. The van der Waals surface area contributed by atoms with Gasteiger partial charge in [-0.15, -0.1) is 0 Å². The molecule has 1 spiro atoms. The summed E-state index contributed by atoms with van der Waals surface area (Å²) < 4.78 is 17.4. The molecular formula is C22H28N2O3. The Balaban J connectivity index is 1.52. The molecule has 0 unspecified atom stereocenters. The molecule has 2 aliphatic heterocycles. The molecule has 1 saturated heterocycles. The summed E-state index contributed by atoms with van der Waals surface area (Å²) in [6.45, 7) is 5.74. The number of pyridine rings is 1. The number of aromatic nitrogens is 1. The fourth-order valence-corrected chi connectivity index (χ4v) is 4.29. The fourth-order valence-electron chi connectivity index (χ4n) is 4.29. The summed E-state index contributed by atoms with van der Waals surface area (Å²) in [6.07, 6.45) is 4.85. The molecule has 4 rings (SSSR count). The van der Waals surface area contributed by atoms with Crippen molar-refractivity contribution in [2.45, 2.75) is 38.3 Å². The van der Waals surface area contributed by atoms with Gasteiger partial charge in [0.1, 0.15) is 0 Å². The number of rotatable bonds is 4. The second kappa shape index (κ2) is 7.49. The summed E-state index contributed by atoms with van der Waals surface area (Å²) in [4.78, 5) is 7.02. The second-order valence-corrected chi connectivity index (χ2v) is 7.56. The van der Waals surface area contributed by atoms with Crippen LogP contribution in [0.1, 0.15) is 35.2 Å². The quantitative estimate of drug-likeness (QED) is 0.827. The van der Waals surface area contributed by atoms with Crippen LogP contribution in [0.4, 0.5) is 0 Å². The van der Waals surface area contributed by atoms with Crippen molar-refractivity contribution in [1.82, 2.24) is 9.88 Å². The molecule has 3 heterocycles. The standard InChI is InChI=1S/C22H28N2O3/c1-16-4-5-18(23-14-16)15-24-9-7-22(8-10-24)19-13-21(26-3)20(25-2)12-17(19)6-11-27-22/h4-5,12-14H,6-11,15H2,1-3H3. The van der Waals surface area contributed by atoms with Crippen LogP contribution >= 0.6 is 0 Å². The lowest BCUT2D eigenvalue weighted by Gasteiger charge is -2.45. The number of piperidine rings is 1. The largest absolute Gasteiger partial charge is 0.493 e. The summed E-state index contributed by atoms with van der Waals surface area (Å²) in [7, 11) is 3.38. The minimum absolute atomic E-state index is 0.204. The van der Waals surface area contributed by atoms with Gasteiger partial charge in [0.2, 0.25) is 0 Å². The Hall–Kier alpha value is -2.11. The first kappa shape index (κ1) is 18.3. The van der Waals surface area contributed by atoms with Crippen molar-refractivity contribution in [3.8, 4) is 11.5 Å². The lowest BCUT2D eigenvalue weighted by molar-refractivity contribution is -0.0991. The molecule has 0 N–H and O–H groups in total. The van der Waals surface area contributed by atoms with Gasteiger partial charge in [-0.05, 0) is 61.1 Å². The zero-order chi connectivity index (χ0) is 18.9. The molecule has 2 aliphatic rings. The van der Waals surface area contributed by atoms with E-state index in [-0.39, 0.29) is 5.60 Å². The van der Waals surface area contributed by atoms with Gasteiger partial charge in [0.15, 0.2) is 11.5 Å². The number of benzene rings is 1. The molecule has 0 aliphatic carbocycles. The van der Waals surface area contributed by atoms with Gasteiger partial charge in [-0.3, -0.25) is 9.88 Å². The van der Waals surface area contributed by atoms with Crippen molar-refractivity contribution >= 4 is 0 Å². The van der Waals surface area contributed by atoms with Crippen molar-refractivity contribution in [2.75, 3.05) is 33.9 Å². The highest BCUT2D eigenvalue weighted by molar-refractivity contribution is 5.50. The van der Waals surface area contributed by atoms with Crippen LogP contribution in [0, 0.1) is 6.92 Å². The molecule has 0 atom stereocenters. The average Bonchev–Trinajstić information content (AvgIpc) is 2.71. The first-order valence-corrected chi connectivity index (χ1v) is 9.67. The molecule has 0 saturated carbocycles. The molecule has 0 radical (unpaired) electrons. The normalized spacial score (nSPS) is 18.9. The van der Waals surface area contributed by atoms with Crippen LogP contribution in [0.3, 0.4) is 0 Å². The van der Waals surface area contributed by atoms with Gasteiger partial charge < -0.3 is 14.2 Å². The van der Waals surface area contributed by atoms with Crippen molar-refractivity contribution in [2.24, 2.45) is 0 Å². The highest BCUT2D eigenvalue weighted by atomic mass is 16.5. The first-order chi connectivity index (χ1) is 13.1. The Morgan fingerprint density at radius 2 is 1.85 bits per heavy atom. The van der Waals surface area contributed by atoms with Crippen LogP contribution in [0.15, 0.2) is 30.5 Å². The third-order valence-electron chi connectivity index (χ3n) is 5.87. The summed E-state index contributed by atoms with van der Waals surface area (Å²) in [5, 5.41) is 0. The van der Waals surface area contributed by atoms with Gasteiger partial charge in [-0.25, -0.2) is 0 Å². The van der Waals surface area contributed by atoms with Crippen LogP contribution in [0.5, 0.6) is 11.5 Å². The van der Waals surface area contributed by atoms with Crippen molar-refractivity contribution in [3.05, 3.63) is 52.8 Å². The van der Waals surface area contributed by atoms with Crippen LogP contribution < -0.4 is 9.47 Å². The van der Waals surface area contributed by atoms with Crippen LogP contribution in [0.2, 0.25) is 0 Å². The molecule has 27 heavy (non-hydrogen) atoms. The number of hydrogen-bond donors (Lipinski definition) is 0. The van der Waals surface area contributed by atoms with Gasteiger partial charge >= 0.3 is 0 Å². The maximum Gasteiger partial charge on any atom is 0.161 e. The maximum atomic E-state index is 6.38. The summed E-state index contributed by atoms with van der Waals surface area (Å²) in [6, 6.07) is 8.52. The molecule has 1 fully saturated rings. The lowest BCUT2D eigenvalue weighted by atomic mass is 9.79. The Morgan fingerprint density at radius 1 is 1.11 bits per heavy atom. The number of ether oxygens (including phenoxy) is 3. The molecule has 5 heteroatoms. The number of nitrogens with zero attached hydrogens (tertiary/aromatic N) is 2. The number of likely N-dealkylation sites (tertiary alicyclic amines) is 1.